The maximum atomic E-state index is 6.01. The second-order valence-electron chi connectivity index (χ2n) is 5.52. The van der Waals surface area contributed by atoms with Crippen molar-refractivity contribution in [3.8, 4) is 5.75 Å². The second kappa shape index (κ2) is 5.72. The average molecular weight is 248 g/mol. The van der Waals surface area contributed by atoms with Gasteiger partial charge in [0.15, 0.2) is 0 Å². The molecule has 1 aliphatic rings. The van der Waals surface area contributed by atoms with Crippen molar-refractivity contribution < 1.29 is 4.74 Å². The molecule has 1 heterocycles. The fraction of sp³-hybridized carbons (Fsp3) is 0.600. The first-order valence-electron chi connectivity index (χ1n) is 6.74. The number of nitrogens with zero attached hydrogens (tertiary/aromatic N) is 1. The molecule has 1 aromatic rings. The van der Waals surface area contributed by atoms with Crippen molar-refractivity contribution in [2.75, 3.05) is 26.2 Å². The van der Waals surface area contributed by atoms with Gasteiger partial charge in [0.1, 0.15) is 12.4 Å². The van der Waals surface area contributed by atoms with Crippen molar-refractivity contribution in [2.24, 2.45) is 11.7 Å². The van der Waals surface area contributed by atoms with E-state index in [4.69, 9.17) is 10.5 Å². The minimum Gasteiger partial charge on any atom is -0.492 e. The van der Waals surface area contributed by atoms with Gasteiger partial charge in [-0.3, -0.25) is 4.90 Å². The van der Waals surface area contributed by atoms with Gasteiger partial charge in [0.05, 0.1) is 0 Å². The highest BCUT2D eigenvalue weighted by Gasteiger charge is 2.25. The monoisotopic (exact) mass is 248 g/mol. The van der Waals surface area contributed by atoms with Crippen LogP contribution in [0.25, 0.3) is 0 Å². The van der Waals surface area contributed by atoms with Crippen LogP contribution in [0, 0.1) is 19.8 Å². The molecule has 1 aromatic carbocycles. The summed E-state index contributed by atoms with van der Waals surface area (Å²) < 4.78 is 5.87. The normalized spacial score (nSPS) is 24.4. The molecule has 2 N–H and O–H groups in total. The Balaban J connectivity index is 1.80. The van der Waals surface area contributed by atoms with Gasteiger partial charge < -0.3 is 10.5 Å². The molecule has 0 amide bonds. The van der Waals surface area contributed by atoms with E-state index >= 15 is 0 Å². The summed E-state index contributed by atoms with van der Waals surface area (Å²) in [5.74, 6) is 1.61. The molecule has 2 rings (SSSR count). The van der Waals surface area contributed by atoms with Crippen LogP contribution in [0.4, 0.5) is 0 Å². The quantitative estimate of drug-likeness (QED) is 0.885. The van der Waals surface area contributed by atoms with Crippen LogP contribution in [0.3, 0.4) is 0 Å². The van der Waals surface area contributed by atoms with Crippen LogP contribution in [0.15, 0.2) is 18.2 Å². The summed E-state index contributed by atoms with van der Waals surface area (Å²) in [5.41, 5.74) is 8.46. The fourth-order valence-corrected chi connectivity index (χ4v) is 2.43. The van der Waals surface area contributed by atoms with Crippen molar-refractivity contribution in [3.63, 3.8) is 0 Å². The van der Waals surface area contributed by atoms with E-state index in [0.29, 0.717) is 12.0 Å². The molecule has 1 saturated heterocycles. The van der Waals surface area contributed by atoms with Crippen LogP contribution in [0.2, 0.25) is 0 Å². The van der Waals surface area contributed by atoms with E-state index in [9.17, 15) is 0 Å². The summed E-state index contributed by atoms with van der Waals surface area (Å²) >= 11 is 0. The smallest absolute Gasteiger partial charge is 0.122 e. The first-order chi connectivity index (χ1) is 8.56. The van der Waals surface area contributed by atoms with E-state index in [1.54, 1.807) is 0 Å². The SMILES string of the molecule is Cc1ccc(C)c(OCCN2CC(C)C(N)C2)c1. The van der Waals surface area contributed by atoms with Gasteiger partial charge in [0, 0.05) is 25.7 Å². The number of nitrogens with two attached hydrogens (primary N) is 1. The molecular formula is C15H24N2O. The molecule has 0 radical (unpaired) electrons. The molecule has 100 valence electrons. The summed E-state index contributed by atoms with van der Waals surface area (Å²) in [7, 11) is 0. The number of rotatable bonds is 4. The standard InChI is InChI=1S/C15H24N2O/c1-11-4-5-12(2)15(8-11)18-7-6-17-9-13(3)14(16)10-17/h4-5,8,13-14H,6-7,9-10,16H2,1-3H3. The first kappa shape index (κ1) is 13.4. The van der Waals surface area contributed by atoms with Gasteiger partial charge in [-0.25, -0.2) is 0 Å². The van der Waals surface area contributed by atoms with Crippen molar-refractivity contribution in [2.45, 2.75) is 26.8 Å². The topological polar surface area (TPSA) is 38.5 Å². The van der Waals surface area contributed by atoms with Crippen molar-refractivity contribution in [1.29, 1.82) is 0 Å². The zero-order valence-corrected chi connectivity index (χ0v) is 11.6. The number of aryl methyl sites for hydroxylation is 2. The fourth-order valence-electron chi connectivity index (χ4n) is 2.43. The number of hydrogen-bond acceptors (Lipinski definition) is 3. The van der Waals surface area contributed by atoms with Gasteiger partial charge in [0.25, 0.3) is 0 Å². The Morgan fingerprint density at radius 3 is 2.78 bits per heavy atom. The molecule has 3 nitrogen and oxygen atoms in total. The van der Waals surface area contributed by atoms with Crippen molar-refractivity contribution in [3.05, 3.63) is 29.3 Å². The third-order valence-corrected chi connectivity index (χ3v) is 3.75. The largest absolute Gasteiger partial charge is 0.492 e. The summed E-state index contributed by atoms with van der Waals surface area (Å²) in [6, 6.07) is 6.65. The molecule has 2 atom stereocenters. The molecule has 3 heteroatoms. The molecule has 0 aliphatic carbocycles. The van der Waals surface area contributed by atoms with Crippen LogP contribution in [0.1, 0.15) is 18.1 Å². The minimum atomic E-state index is 0.325. The molecule has 18 heavy (non-hydrogen) atoms. The van der Waals surface area contributed by atoms with E-state index in [0.717, 1.165) is 32.0 Å². The van der Waals surface area contributed by atoms with Crippen LogP contribution >= 0.6 is 0 Å². The van der Waals surface area contributed by atoms with E-state index in [2.05, 4.69) is 43.9 Å². The Morgan fingerprint density at radius 2 is 2.11 bits per heavy atom. The van der Waals surface area contributed by atoms with Crippen molar-refractivity contribution in [1.82, 2.24) is 4.90 Å². The van der Waals surface area contributed by atoms with E-state index in [-0.39, 0.29) is 0 Å². The highest BCUT2D eigenvalue weighted by atomic mass is 16.5. The van der Waals surface area contributed by atoms with Gasteiger partial charge in [0.2, 0.25) is 0 Å². The minimum absolute atomic E-state index is 0.325. The summed E-state index contributed by atoms with van der Waals surface area (Å²) in [5, 5.41) is 0. The van der Waals surface area contributed by atoms with Crippen LogP contribution in [-0.4, -0.2) is 37.2 Å². The summed E-state index contributed by atoms with van der Waals surface area (Å²) in [6.45, 7) is 10.2. The Hall–Kier alpha value is -1.06. The number of benzene rings is 1. The molecular weight excluding hydrogens is 224 g/mol. The van der Waals surface area contributed by atoms with E-state index in [1.165, 1.54) is 11.1 Å². The Morgan fingerprint density at radius 1 is 1.33 bits per heavy atom. The predicted molar refractivity (Wildman–Crippen MR) is 75.0 cm³/mol. The zero-order valence-electron chi connectivity index (χ0n) is 11.6. The number of ether oxygens (including phenoxy) is 1. The van der Waals surface area contributed by atoms with E-state index in [1.807, 2.05) is 0 Å². The maximum Gasteiger partial charge on any atom is 0.122 e. The van der Waals surface area contributed by atoms with Crippen molar-refractivity contribution >= 4 is 0 Å². The van der Waals surface area contributed by atoms with Gasteiger partial charge in [-0.15, -0.1) is 0 Å². The Bertz CT molecular complexity index is 395. The van der Waals surface area contributed by atoms with Gasteiger partial charge in [-0.05, 0) is 37.0 Å². The second-order valence-corrected chi connectivity index (χ2v) is 5.52. The average Bonchev–Trinajstić information content (AvgIpc) is 2.63. The molecule has 1 fully saturated rings. The molecule has 0 aromatic heterocycles. The lowest BCUT2D eigenvalue weighted by molar-refractivity contribution is 0.232. The molecule has 0 saturated carbocycles. The van der Waals surface area contributed by atoms with Gasteiger partial charge >= 0.3 is 0 Å². The van der Waals surface area contributed by atoms with Gasteiger partial charge in [-0.2, -0.15) is 0 Å². The molecule has 2 unspecified atom stereocenters. The lowest BCUT2D eigenvalue weighted by Crippen LogP contribution is -2.30. The Kier molecular flexibility index (Phi) is 4.25. The lowest BCUT2D eigenvalue weighted by Gasteiger charge is -2.16. The lowest BCUT2D eigenvalue weighted by atomic mass is 10.1. The summed E-state index contributed by atoms with van der Waals surface area (Å²) in [4.78, 5) is 2.39. The molecule has 1 aliphatic heterocycles. The van der Waals surface area contributed by atoms with Crippen LogP contribution < -0.4 is 10.5 Å². The maximum absolute atomic E-state index is 6.01. The predicted octanol–water partition coefficient (Wildman–Crippen LogP) is 1.96. The number of hydrogen-bond donors (Lipinski definition) is 1. The Labute approximate surface area is 110 Å². The highest BCUT2D eigenvalue weighted by Crippen LogP contribution is 2.19. The molecule has 0 bridgehead atoms. The first-order valence-corrected chi connectivity index (χ1v) is 6.74. The third kappa shape index (κ3) is 3.24. The zero-order chi connectivity index (χ0) is 13.1. The van der Waals surface area contributed by atoms with Gasteiger partial charge in [-0.1, -0.05) is 19.1 Å². The number of likely N-dealkylation sites (tertiary alicyclic amines) is 1. The third-order valence-electron chi connectivity index (χ3n) is 3.75. The van der Waals surface area contributed by atoms with Crippen LogP contribution in [-0.2, 0) is 0 Å². The summed E-state index contributed by atoms with van der Waals surface area (Å²) in [6.07, 6.45) is 0. The van der Waals surface area contributed by atoms with Crippen LogP contribution in [0.5, 0.6) is 5.75 Å². The highest BCUT2D eigenvalue weighted by molar-refractivity contribution is 5.35. The molecule has 0 spiro atoms. The van der Waals surface area contributed by atoms with E-state index < -0.39 is 0 Å².